The molecule has 4 heterocycles. The minimum atomic E-state index is -4.57. The van der Waals surface area contributed by atoms with Gasteiger partial charge in [-0.1, -0.05) is 0 Å². The van der Waals surface area contributed by atoms with Crippen LogP contribution >= 0.6 is 0 Å². The van der Waals surface area contributed by atoms with Gasteiger partial charge in [0.1, 0.15) is 22.8 Å². The van der Waals surface area contributed by atoms with E-state index in [0.29, 0.717) is 17.3 Å². The highest BCUT2D eigenvalue weighted by Crippen LogP contribution is 2.40. The zero-order valence-corrected chi connectivity index (χ0v) is 16.1. The summed E-state index contributed by atoms with van der Waals surface area (Å²) in [5.74, 6) is 0.836. The summed E-state index contributed by atoms with van der Waals surface area (Å²) in [5.41, 5.74) is 8.48. The molecule has 0 spiro atoms. The van der Waals surface area contributed by atoms with Crippen LogP contribution in [0.4, 0.5) is 24.8 Å². The lowest BCUT2D eigenvalue weighted by atomic mass is 9.91. The number of hydrazine groups is 1. The van der Waals surface area contributed by atoms with Crippen molar-refractivity contribution in [3.63, 3.8) is 0 Å². The van der Waals surface area contributed by atoms with Crippen LogP contribution < -0.4 is 20.8 Å². The Morgan fingerprint density at radius 3 is 2.69 bits per heavy atom. The van der Waals surface area contributed by atoms with Gasteiger partial charge in [-0.25, -0.2) is 9.97 Å². The SMILES string of the molecule is CN1Nc2nc(N3CCC(C)(N)CC3)cnc2C1Oc1ccncc1C(F)(F)F. The molecule has 1 fully saturated rings. The zero-order chi connectivity index (χ0) is 20.8. The van der Waals surface area contributed by atoms with Gasteiger partial charge in [-0.05, 0) is 25.8 Å². The highest BCUT2D eigenvalue weighted by atomic mass is 19.4. The van der Waals surface area contributed by atoms with Crippen LogP contribution in [0.3, 0.4) is 0 Å². The van der Waals surface area contributed by atoms with Gasteiger partial charge in [-0.15, -0.1) is 0 Å². The molecule has 0 saturated carbocycles. The number of anilines is 2. The number of ether oxygens (including phenoxy) is 1. The zero-order valence-electron chi connectivity index (χ0n) is 16.1. The summed E-state index contributed by atoms with van der Waals surface area (Å²) in [6, 6.07) is 1.19. The highest BCUT2D eigenvalue weighted by molar-refractivity contribution is 5.52. The predicted molar refractivity (Wildman–Crippen MR) is 100 cm³/mol. The molecule has 0 bridgehead atoms. The van der Waals surface area contributed by atoms with Crippen molar-refractivity contribution in [2.75, 3.05) is 30.5 Å². The fraction of sp³-hybridized carbons (Fsp3) is 0.500. The van der Waals surface area contributed by atoms with Gasteiger partial charge in [0.15, 0.2) is 5.82 Å². The maximum absolute atomic E-state index is 13.2. The number of nitrogens with one attached hydrogen (secondary N) is 1. The third kappa shape index (κ3) is 3.92. The number of rotatable bonds is 3. The van der Waals surface area contributed by atoms with Crippen LogP contribution in [-0.2, 0) is 6.18 Å². The maximum atomic E-state index is 13.2. The molecule has 0 aromatic carbocycles. The van der Waals surface area contributed by atoms with Gasteiger partial charge >= 0.3 is 6.18 Å². The molecular formula is C18H22F3N7O. The van der Waals surface area contributed by atoms with E-state index in [1.165, 1.54) is 17.3 Å². The molecular weight excluding hydrogens is 387 g/mol. The third-order valence-corrected chi connectivity index (χ3v) is 5.21. The summed E-state index contributed by atoms with van der Waals surface area (Å²) in [5, 5.41) is 1.53. The Labute approximate surface area is 165 Å². The molecule has 0 radical (unpaired) electrons. The van der Waals surface area contributed by atoms with Gasteiger partial charge in [0.05, 0.1) is 6.20 Å². The van der Waals surface area contributed by atoms with Crippen LogP contribution in [0.2, 0.25) is 0 Å². The second-order valence-corrected chi connectivity index (χ2v) is 7.67. The van der Waals surface area contributed by atoms with E-state index in [9.17, 15) is 13.2 Å². The van der Waals surface area contributed by atoms with Crippen molar-refractivity contribution >= 4 is 11.6 Å². The minimum Gasteiger partial charge on any atom is -0.467 e. The number of hydrogen-bond acceptors (Lipinski definition) is 8. The predicted octanol–water partition coefficient (Wildman–Crippen LogP) is 2.56. The average Bonchev–Trinajstić information content (AvgIpc) is 2.96. The number of pyridine rings is 1. The minimum absolute atomic E-state index is 0.182. The van der Waals surface area contributed by atoms with Gasteiger partial charge in [-0.3, -0.25) is 10.4 Å². The topological polar surface area (TPSA) is 92.4 Å². The highest BCUT2D eigenvalue weighted by Gasteiger charge is 2.38. The van der Waals surface area contributed by atoms with E-state index >= 15 is 0 Å². The van der Waals surface area contributed by atoms with Gasteiger partial charge in [0.25, 0.3) is 0 Å². The molecule has 2 aliphatic heterocycles. The van der Waals surface area contributed by atoms with E-state index in [0.717, 1.165) is 32.1 Å². The standard InChI is InChI=1S/C18H22F3N7O/c1-17(22)4-7-28(8-5-17)13-10-24-14-15(25-13)26-27(2)16(14)29-12-3-6-23-9-11(12)18(19,20)21/h3,6,9-10,16H,4-5,7-8,22H2,1-2H3,(H,25,26). The molecule has 1 atom stereocenters. The molecule has 3 N–H and O–H groups in total. The molecule has 1 unspecified atom stereocenters. The Kier molecular flexibility index (Phi) is 4.74. The summed E-state index contributed by atoms with van der Waals surface area (Å²) in [6.07, 6.45) is -0.131. The molecule has 2 aliphatic rings. The van der Waals surface area contributed by atoms with E-state index in [2.05, 4.69) is 25.3 Å². The number of piperidine rings is 1. The number of nitrogens with two attached hydrogens (primary N) is 1. The van der Waals surface area contributed by atoms with Crippen LogP contribution in [0, 0.1) is 0 Å². The monoisotopic (exact) mass is 409 g/mol. The summed E-state index contributed by atoms with van der Waals surface area (Å²) in [6.45, 7) is 3.57. The van der Waals surface area contributed by atoms with Crippen LogP contribution in [0.25, 0.3) is 0 Å². The Hall–Kier alpha value is -2.66. The van der Waals surface area contributed by atoms with E-state index < -0.39 is 18.0 Å². The Morgan fingerprint density at radius 1 is 1.28 bits per heavy atom. The van der Waals surface area contributed by atoms with Crippen molar-refractivity contribution in [3.8, 4) is 5.75 Å². The van der Waals surface area contributed by atoms with Gasteiger partial charge in [0.2, 0.25) is 6.23 Å². The molecule has 4 rings (SSSR count). The molecule has 1 saturated heterocycles. The number of aromatic nitrogens is 3. The quantitative estimate of drug-likeness (QED) is 0.799. The summed E-state index contributed by atoms with van der Waals surface area (Å²) in [7, 11) is 1.66. The van der Waals surface area contributed by atoms with Crippen molar-refractivity contribution < 1.29 is 17.9 Å². The van der Waals surface area contributed by atoms with E-state index in [1.54, 1.807) is 13.2 Å². The van der Waals surface area contributed by atoms with Crippen LogP contribution in [0.1, 0.15) is 37.3 Å². The molecule has 29 heavy (non-hydrogen) atoms. The lowest BCUT2D eigenvalue weighted by Gasteiger charge is -2.37. The van der Waals surface area contributed by atoms with Crippen molar-refractivity contribution in [2.24, 2.45) is 5.73 Å². The first-order valence-corrected chi connectivity index (χ1v) is 9.22. The van der Waals surface area contributed by atoms with Gasteiger partial charge in [0, 0.05) is 38.1 Å². The molecule has 8 nitrogen and oxygen atoms in total. The van der Waals surface area contributed by atoms with Crippen molar-refractivity contribution in [1.82, 2.24) is 20.0 Å². The van der Waals surface area contributed by atoms with E-state index in [-0.39, 0.29) is 11.3 Å². The molecule has 2 aromatic heterocycles. The molecule has 156 valence electrons. The number of halogens is 3. The second kappa shape index (κ2) is 6.99. The van der Waals surface area contributed by atoms with E-state index in [4.69, 9.17) is 10.5 Å². The summed E-state index contributed by atoms with van der Waals surface area (Å²) in [4.78, 5) is 14.7. The maximum Gasteiger partial charge on any atom is 0.421 e. The normalized spacial score (nSPS) is 21.6. The van der Waals surface area contributed by atoms with E-state index in [1.807, 2.05) is 6.92 Å². The molecule has 0 amide bonds. The number of fused-ring (bicyclic) bond motifs is 1. The van der Waals surface area contributed by atoms with Crippen molar-refractivity contribution in [2.45, 2.75) is 37.7 Å². The Morgan fingerprint density at radius 2 is 2.00 bits per heavy atom. The van der Waals surface area contributed by atoms with Crippen molar-refractivity contribution in [1.29, 1.82) is 0 Å². The Balaban J connectivity index is 1.56. The molecule has 2 aromatic rings. The molecule has 11 heteroatoms. The lowest BCUT2D eigenvalue weighted by Crippen LogP contribution is -2.48. The van der Waals surface area contributed by atoms with Crippen LogP contribution in [-0.4, -0.2) is 45.6 Å². The van der Waals surface area contributed by atoms with Crippen LogP contribution in [0.15, 0.2) is 24.7 Å². The lowest BCUT2D eigenvalue weighted by molar-refractivity contribution is -0.140. The smallest absolute Gasteiger partial charge is 0.421 e. The number of hydrogen-bond donors (Lipinski definition) is 2. The van der Waals surface area contributed by atoms with Crippen molar-refractivity contribution in [3.05, 3.63) is 35.9 Å². The fourth-order valence-corrected chi connectivity index (χ4v) is 3.41. The first-order chi connectivity index (χ1) is 13.6. The first-order valence-electron chi connectivity index (χ1n) is 9.22. The average molecular weight is 409 g/mol. The van der Waals surface area contributed by atoms with Crippen LogP contribution in [0.5, 0.6) is 5.75 Å². The summed E-state index contributed by atoms with van der Waals surface area (Å²) >= 11 is 0. The summed E-state index contributed by atoms with van der Waals surface area (Å²) < 4.78 is 45.4. The Bertz CT molecular complexity index is 895. The third-order valence-electron chi connectivity index (χ3n) is 5.21. The second-order valence-electron chi connectivity index (χ2n) is 7.67. The fourth-order valence-electron chi connectivity index (χ4n) is 3.41. The van der Waals surface area contributed by atoms with Gasteiger partial charge < -0.3 is 15.4 Å². The first kappa shape index (κ1) is 19.6. The molecule has 0 aliphatic carbocycles. The largest absolute Gasteiger partial charge is 0.467 e. The number of alkyl halides is 3. The number of nitrogens with zero attached hydrogens (tertiary/aromatic N) is 5. The van der Waals surface area contributed by atoms with Gasteiger partial charge in [-0.2, -0.15) is 18.2 Å².